The van der Waals surface area contributed by atoms with Gasteiger partial charge in [0, 0.05) is 25.7 Å². The molecule has 10 nitrogen and oxygen atoms in total. The van der Waals surface area contributed by atoms with E-state index in [2.05, 4.69) is 24.5 Å². The molecule has 3 rings (SSSR count). The van der Waals surface area contributed by atoms with Crippen molar-refractivity contribution >= 4 is 39.2 Å². The maximum absolute atomic E-state index is 13.0. The summed E-state index contributed by atoms with van der Waals surface area (Å²) in [6.45, 7) is 4.91. The predicted octanol–water partition coefficient (Wildman–Crippen LogP) is 3.33. The molecule has 2 N–H and O–H groups in total. The summed E-state index contributed by atoms with van der Waals surface area (Å²) >= 11 is 0. The number of rotatable bonds is 10. The molecule has 3 atom stereocenters. The van der Waals surface area contributed by atoms with Gasteiger partial charge in [-0.25, -0.2) is 13.2 Å². The second-order valence-electron chi connectivity index (χ2n) is 9.56. The number of ether oxygens (including phenoxy) is 2. The molecule has 0 spiro atoms. The lowest BCUT2D eigenvalue weighted by molar-refractivity contribution is -0.150. The fourth-order valence-corrected chi connectivity index (χ4v) is 5.52. The molecular formula is C27H35N3O7S. The van der Waals surface area contributed by atoms with Crippen LogP contribution in [0.1, 0.15) is 40.0 Å². The summed E-state index contributed by atoms with van der Waals surface area (Å²) < 4.78 is 37.5. The van der Waals surface area contributed by atoms with Gasteiger partial charge >= 0.3 is 5.97 Å². The lowest BCUT2D eigenvalue weighted by Gasteiger charge is -2.34. The zero-order chi connectivity index (χ0) is 27.9. The molecular weight excluding hydrogens is 510 g/mol. The number of nitrogens with one attached hydrogen (secondary N) is 2. The maximum atomic E-state index is 13.0. The Morgan fingerprint density at radius 3 is 2.26 bits per heavy atom. The Morgan fingerprint density at radius 1 is 0.974 bits per heavy atom. The largest absolute Gasteiger partial charge is 0.482 e. The van der Waals surface area contributed by atoms with E-state index in [4.69, 9.17) is 9.47 Å². The average Bonchev–Trinajstić information content (AvgIpc) is 2.88. The molecule has 2 aromatic carbocycles. The van der Waals surface area contributed by atoms with Gasteiger partial charge in [0.15, 0.2) is 13.2 Å². The van der Waals surface area contributed by atoms with Crippen molar-refractivity contribution in [1.82, 2.24) is 5.32 Å². The standard InChI is InChI=1S/C27H35N3O7S/c1-18-6-5-7-25(19(18)2)29-26(32)16-37-27(33)17-36-23-12-10-22(11-13-23)30(4)38(34,35)24-14-8-21(9-15-24)28-20(3)31/h8-15,18-19,25H,5-7,16-17H2,1-4H3,(H,28,31)(H,29,32). The van der Waals surface area contributed by atoms with Crippen LogP contribution in [0.15, 0.2) is 53.4 Å². The number of hydrogen-bond donors (Lipinski definition) is 2. The minimum absolute atomic E-state index is 0.0636. The van der Waals surface area contributed by atoms with Crippen LogP contribution >= 0.6 is 0 Å². The summed E-state index contributed by atoms with van der Waals surface area (Å²) in [7, 11) is -2.42. The van der Waals surface area contributed by atoms with Crippen LogP contribution in [0.5, 0.6) is 5.75 Å². The molecule has 0 aliphatic heterocycles. The Hall–Kier alpha value is -3.60. The van der Waals surface area contributed by atoms with Crippen LogP contribution in [0.25, 0.3) is 0 Å². The van der Waals surface area contributed by atoms with Gasteiger partial charge in [0.25, 0.3) is 15.9 Å². The second kappa shape index (κ2) is 12.8. The molecule has 0 heterocycles. The summed E-state index contributed by atoms with van der Waals surface area (Å²) in [6, 6.07) is 12.1. The molecule has 1 aliphatic rings. The third-order valence-electron chi connectivity index (χ3n) is 6.81. The van der Waals surface area contributed by atoms with E-state index < -0.39 is 22.6 Å². The first-order chi connectivity index (χ1) is 18.0. The average molecular weight is 546 g/mol. The molecule has 2 amide bonds. The number of benzene rings is 2. The summed E-state index contributed by atoms with van der Waals surface area (Å²) in [5.74, 6) is -0.0129. The maximum Gasteiger partial charge on any atom is 0.344 e. The molecule has 0 saturated heterocycles. The fraction of sp³-hybridized carbons (Fsp3) is 0.444. The van der Waals surface area contributed by atoms with E-state index in [1.165, 1.54) is 50.4 Å². The van der Waals surface area contributed by atoms with E-state index in [1.54, 1.807) is 12.1 Å². The van der Waals surface area contributed by atoms with Crippen molar-refractivity contribution in [3.8, 4) is 5.75 Å². The first-order valence-corrected chi connectivity index (χ1v) is 14.0. The van der Waals surface area contributed by atoms with Gasteiger partial charge in [-0.3, -0.25) is 13.9 Å². The molecule has 0 bridgehead atoms. The molecule has 1 aliphatic carbocycles. The quantitative estimate of drug-likeness (QED) is 0.438. The summed E-state index contributed by atoms with van der Waals surface area (Å²) in [5, 5.41) is 5.54. The number of amides is 2. The molecule has 1 fully saturated rings. The fourth-order valence-electron chi connectivity index (χ4n) is 4.33. The smallest absolute Gasteiger partial charge is 0.344 e. The van der Waals surface area contributed by atoms with Crippen molar-refractivity contribution in [1.29, 1.82) is 0 Å². The van der Waals surface area contributed by atoms with Crippen LogP contribution in [0.3, 0.4) is 0 Å². The third-order valence-corrected chi connectivity index (χ3v) is 8.61. The van der Waals surface area contributed by atoms with Crippen molar-refractivity contribution in [3.63, 3.8) is 0 Å². The minimum Gasteiger partial charge on any atom is -0.482 e. The van der Waals surface area contributed by atoms with E-state index in [0.29, 0.717) is 29.0 Å². The highest BCUT2D eigenvalue weighted by molar-refractivity contribution is 7.92. The number of carbonyl (C=O) groups is 3. The molecule has 3 unspecified atom stereocenters. The van der Waals surface area contributed by atoms with Gasteiger partial charge in [0.1, 0.15) is 5.75 Å². The number of nitrogens with zero attached hydrogens (tertiary/aromatic N) is 1. The van der Waals surface area contributed by atoms with E-state index in [1.807, 2.05) is 0 Å². The first-order valence-electron chi connectivity index (χ1n) is 12.5. The van der Waals surface area contributed by atoms with Gasteiger partial charge in [-0.2, -0.15) is 0 Å². The van der Waals surface area contributed by atoms with E-state index >= 15 is 0 Å². The molecule has 0 radical (unpaired) electrons. The predicted molar refractivity (Wildman–Crippen MR) is 143 cm³/mol. The normalized spacial score (nSPS) is 19.2. The highest BCUT2D eigenvalue weighted by Crippen LogP contribution is 2.29. The van der Waals surface area contributed by atoms with Crippen molar-refractivity contribution in [2.45, 2.75) is 51.0 Å². The number of esters is 1. The van der Waals surface area contributed by atoms with Crippen molar-refractivity contribution in [2.24, 2.45) is 11.8 Å². The summed E-state index contributed by atoms with van der Waals surface area (Å²) in [5.41, 5.74) is 0.877. The number of sulfonamides is 1. The zero-order valence-electron chi connectivity index (χ0n) is 22.1. The van der Waals surface area contributed by atoms with Gasteiger partial charge < -0.3 is 20.1 Å². The summed E-state index contributed by atoms with van der Waals surface area (Å²) in [4.78, 5) is 35.4. The van der Waals surface area contributed by atoms with E-state index in [-0.39, 0.29) is 29.4 Å². The number of anilines is 2. The minimum atomic E-state index is -3.84. The van der Waals surface area contributed by atoms with E-state index in [0.717, 1.165) is 23.6 Å². The first kappa shape index (κ1) is 29.0. The molecule has 2 aromatic rings. The molecule has 1 saturated carbocycles. The van der Waals surface area contributed by atoms with Crippen molar-refractivity contribution < 1.29 is 32.3 Å². The van der Waals surface area contributed by atoms with Gasteiger partial charge in [0.05, 0.1) is 10.6 Å². The zero-order valence-corrected chi connectivity index (χ0v) is 22.9. The Balaban J connectivity index is 1.47. The molecule has 206 valence electrons. The van der Waals surface area contributed by atoms with Gasteiger partial charge in [-0.15, -0.1) is 0 Å². The molecule has 0 aromatic heterocycles. The number of hydrogen-bond acceptors (Lipinski definition) is 7. The van der Waals surface area contributed by atoms with Gasteiger partial charge in [-0.05, 0) is 66.8 Å². The monoisotopic (exact) mass is 545 g/mol. The molecule has 11 heteroatoms. The van der Waals surface area contributed by atoms with Crippen LogP contribution in [-0.2, 0) is 29.1 Å². The Labute approximate surface area is 223 Å². The van der Waals surface area contributed by atoms with Crippen LogP contribution in [-0.4, -0.2) is 52.5 Å². The van der Waals surface area contributed by atoms with Gasteiger partial charge in [0.2, 0.25) is 5.91 Å². The van der Waals surface area contributed by atoms with Gasteiger partial charge in [-0.1, -0.05) is 26.7 Å². The van der Waals surface area contributed by atoms with Crippen LogP contribution in [0.2, 0.25) is 0 Å². The molecule has 38 heavy (non-hydrogen) atoms. The van der Waals surface area contributed by atoms with Crippen molar-refractivity contribution in [3.05, 3.63) is 48.5 Å². The SMILES string of the molecule is CC(=O)Nc1ccc(S(=O)(=O)N(C)c2ccc(OCC(=O)OCC(=O)NC3CCCC(C)C3C)cc2)cc1. The van der Waals surface area contributed by atoms with Crippen LogP contribution < -0.4 is 19.7 Å². The third kappa shape index (κ3) is 7.70. The second-order valence-corrected chi connectivity index (χ2v) is 11.5. The Bertz CT molecular complexity index is 1230. The lowest BCUT2D eigenvalue weighted by atomic mass is 9.78. The highest BCUT2D eigenvalue weighted by Gasteiger charge is 2.28. The van der Waals surface area contributed by atoms with Crippen molar-refractivity contribution in [2.75, 3.05) is 29.9 Å². The number of carbonyl (C=O) groups excluding carboxylic acids is 3. The lowest BCUT2D eigenvalue weighted by Crippen LogP contribution is -2.45. The Kier molecular flexibility index (Phi) is 9.73. The Morgan fingerprint density at radius 2 is 1.63 bits per heavy atom. The van der Waals surface area contributed by atoms with Crippen LogP contribution in [0, 0.1) is 11.8 Å². The van der Waals surface area contributed by atoms with E-state index in [9.17, 15) is 22.8 Å². The summed E-state index contributed by atoms with van der Waals surface area (Å²) in [6.07, 6.45) is 3.14. The topological polar surface area (TPSA) is 131 Å². The highest BCUT2D eigenvalue weighted by atomic mass is 32.2. The van der Waals surface area contributed by atoms with Crippen LogP contribution in [0.4, 0.5) is 11.4 Å².